The Labute approximate surface area is 221 Å². The summed E-state index contributed by atoms with van der Waals surface area (Å²) < 4.78 is 47.5. The molecule has 1 N–H and O–H groups in total. The number of esters is 1. The Balaban J connectivity index is 1.59. The van der Waals surface area contributed by atoms with Crippen LogP contribution in [-0.2, 0) is 23.8 Å². The smallest absolute Gasteiger partial charge is 0.433 e. The highest BCUT2D eigenvalue weighted by atomic mass is 79.9. The van der Waals surface area contributed by atoms with E-state index in [4.69, 9.17) is 4.74 Å². The molecule has 1 amide bonds. The van der Waals surface area contributed by atoms with Crippen LogP contribution in [0, 0.1) is 5.92 Å². The number of ether oxygens (including phenoxy) is 1. The molecule has 7 nitrogen and oxygen atoms in total. The second-order valence-corrected chi connectivity index (χ2v) is 10.7. The van der Waals surface area contributed by atoms with E-state index in [-0.39, 0.29) is 32.1 Å². The number of methoxy groups -OCH3 is 1. The second-order valence-electron chi connectivity index (χ2n) is 8.79. The van der Waals surface area contributed by atoms with Gasteiger partial charge < -0.3 is 10.1 Å². The summed E-state index contributed by atoms with van der Waals surface area (Å²) in [6.07, 6.45) is -2.42. The average molecular weight is 593 g/mol. The molecule has 1 atom stereocenters. The van der Waals surface area contributed by atoms with Crippen molar-refractivity contribution < 1.29 is 27.5 Å². The highest BCUT2D eigenvalue weighted by molar-refractivity contribution is 9.10. The van der Waals surface area contributed by atoms with Crippen LogP contribution in [0.5, 0.6) is 0 Å². The zero-order valence-electron chi connectivity index (χ0n) is 19.6. The number of hydrogen-bond acceptors (Lipinski definition) is 6. The predicted molar refractivity (Wildman–Crippen MR) is 136 cm³/mol. The third kappa shape index (κ3) is 4.63. The molecule has 0 aliphatic heterocycles. The molecule has 1 unspecified atom stereocenters. The molecule has 4 aromatic rings. The molecule has 3 heterocycles. The van der Waals surface area contributed by atoms with Crippen LogP contribution in [0.2, 0.25) is 0 Å². The Hall–Kier alpha value is -3.25. The van der Waals surface area contributed by atoms with Crippen LogP contribution in [0.15, 0.2) is 40.9 Å². The van der Waals surface area contributed by atoms with Gasteiger partial charge in [-0.15, -0.1) is 11.3 Å². The lowest BCUT2D eigenvalue weighted by Gasteiger charge is -2.18. The minimum Gasteiger partial charge on any atom is -0.465 e. The fourth-order valence-electron chi connectivity index (χ4n) is 4.41. The van der Waals surface area contributed by atoms with Crippen molar-refractivity contribution in [3.8, 4) is 11.3 Å². The van der Waals surface area contributed by atoms with Crippen molar-refractivity contribution in [1.82, 2.24) is 14.6 Å². The van der Waals surface area contributed by atoms with Gasteiger partial charge in [-0.1, -0.05) is 37.3 Å². The molecule has 5 rings (SSSR count). The van der Waals surface area contributed by atoms with E-state index in [0.717, 1.165) is 29.3 Å². The molecule has 1 aromatic carbocycles. The standard InChI is InChI=1S/C25H20BrF3N4O3S/c1-12-8-9-14-16(10-12)37-23(18(14)24(35)36-2)31-22(34)20-19(26)21-30-15(13-6-4-3-5-7-13)11-17(25(27,28)29)33(21)32-20/h3-7,11-12H,8-10H2,1-2H3,(H,31,34). The Bertz CT molecular complexity index is 1530. The normalized spacial score (nSPS) is 15.5. The number of anilines is 1. The lowest BCUT2D eigenvalue weighted by atomic mass is 9.88. The predicted octanol–water partition coefficient (Wildman–Crippen LogP) is 6.40. The first-order valence-corrected chi connectivity index (χ1v) is 13.0. The van der Waals surface area contributed by atoms with Gasteiger partial charge in [-0.05, 0) is 52.7 Å². The van der Waals surface area contributed by atoms with Gasteiger partial charge >= 0.3 is 12.1 Å². The number of rotatable bonds is 4. The minimum atomic E-state index is -4.76. The van der Waals surface area contributed by atoms with Crippen LogP contribution >= 0.6 is 27.3 Å². The second kappa shape index (κ2) is 9.56. The maximum Gasteiger partial charge on any atom is 0.433 e. The summed E-state index contributed by atoms with van der Waals surface area (Å²) in [7, 11) is 1.26. The van der Waals surface area contributed by atoms with Gasteiger partial charge in [-0.2, -0.15) is 18.3 Å². The Kier molecular flexibility index (Phi) is 6.57. The number of amides is 1. The summed E-state index contributed by atoms with van der Waals surface area (Å²) in [4.78, 5) is 31.2. The monoisotopic (exact) mass is 592 g/mol. The molecule has 0 bridgehead atoms. The van der Waals surface area contributed by atoms with Crippen molar-refractivity contribution >= 4 is 49.8 Å². The number of carbonyl (C=O) groups is 2. The first-order chi connectivity index (χ1) is 17.6. The van der Waals surface area contributed by atoms with Gasteiger partial charge in [0.2, 0.25) is 0 Å². The molecule has 0 radical (unpaired) electrons. The third-order valence-corrected chi connectivity index (χ3v) is 8.14. The number of fused-ring (bicyclic) bond motifs is 2. The summed E-state index contributed by atoms with van der Waals surface area (Å²) in [6.45, 7) is 2.11. The molecular weight excluding hydrogens is 573 g/mol. The van der Waals surface area contributed by atoms with E-state index in [1.165, 1.54) is 18.4 Å². The molecule has 0 fully saturated rings. The topological polar surface area (TPSA) is 85.6 Å². The quantitative estimate of drug-likeness (QED) is 0.277. The fourth-order valence-corrected chi connectivity index (χ4v) is 6.32. The molecule has 192 valence electrons. The zero-order chi connectivity index (χ0) is 26.5. The third-order valence-electron chi connectivity index (χ3n) is 6.24. The minimum absolute atomic E-state index is 0.00263. The van der Waals surface area contributed by atoms with E-state index < -0.39 is 23.7 Å². The summed E-state index contributed by atoms with van der Waals surface area (Å²) in [6, 6.07) is 9.32. The van der Waals surface area contributed by atoms with E-state index in [1.54, 1.807) is 30.3 Å². The lowest BCUT2D eigenvalue weighted by molar-refractivity contribution is -0.142. The largest absolute Gasteiger partial charge is 0.465 e. The van der Waals surface area contributed by atoms with Gasteiger partial charge in [0, 0.05) is 10.4 Å². The van der Waals surface area contributed by atoms with E-state index in [0.29, 0.717) is 22.4 Å². The van der Waals surface area contributed by atoms with Gasteiger partial charge in [0.15, 0.2) is 17.0 Å². The van der Waals surface area contributed by atoms with Gasteiger partial charge in [0.25, 0.3) is 5.91 Å². The average Bonchev–Trinajstić information content (AvgIpc) is 3.39. The van der Waals surface area contributed by atoms with Crippen LogP contribution in [0.25, 0.3) is 16.9 Å². The Morgan fingerprint density at radius 3 is 2.65 bits per heavy atom. The van der Waals surface area contributed by atoms with Crippen molar-refractivity contribution in [2.75, 3.05) is 12.4 Å². The van der Waals surface area contributed by atoms with Gasteiger partial charge in [-0.25, -0.2) is 14.3 Å². The summed E-state index contributed by atoms with van der Waals surface area (Å²) in [5.41, 5.74) is 0.157. The maximum atomic E-state index is 14.0. The van der Waals surface area contributed by atoms with E-state index in [9.17, 15) is 22.8 Å². The first kappa shape index (κ1) is 25.4. The number of alkyl halides is 3. The number of hydrogen-bond donors (Lipinski definition) is 1. The Morgan fingerprint density at radius 1 is 1.24 bits per heavy atom. The van der Waals surface area contributed by atoms with Crippen LogP contribution in [0.4, 0.5) is 18.2 Å². The van der Waals surface area contributed by atoms with E-state index in [2.05, 4.69) is 38.3 Å². The van der Waals surface area contributed by atoms with Crippen LogP contribution in [-0.4, -0.2) is 33.6 Å². The number of halogens is 4. The van der Waals surface area contributed by atoms with Crippen LogP contribution in [0.3, 0.4) is 0 Å². The SMILES string of the molecule is COC(=O)c1c(NC(=O)c2nn3c(C(F)(F)F)cc(-c4ccccc4)nc3c2Br)sc2c1CCC(C)C2. The molecule has 0 saturated carbocycles. The number of nitrogens with zero attached hydrogens (tertiary/aromatic N) is 3. The summed E-state index contributed by atoms with van der Waals surface area (Å²) in [5, 5.41) is 6.93. The molecule has 37 heavy (non-hydrogen) atoms. The van der Waals surface area contributed by atoms with Gasteiger partial charge in [0.1, 0.15) is 5.00 Å². The molecular formula is C25H20BrF3N4O3S. The highest BCUT2D eigenvalue weighted by Gasteiger charge is 2.37. The van der Waals surface area contributed by atoms with Crippen molar-refractivity contribution in [3.05, 3.63) is 68.3 Å². The van der Waals surface area contributed by atoms with E-state index in [1.807, 2.05) is 0 Å². The van der Waals surface area contributed by atoms with Crippen molar-refractivity contribution in [2.24, 2.45) is 5.92 Å². The molecule has 0 saturated heterocycles. The number of nitrogens with one attached hydrogen (secondary N) is 1. The molecule has 1 aliphatic rings. The van der Waals surface area contributed by atoms with Gasteiger partial charge in [-0.3, -0.25) is 4.79 Å². The van der Waals surface area contributed by atoms with Crippen LogP contribution < -0.4 is 5.32 Å². The van der Waals surface area contributed by atoms with Crippen LogP contribution in [0.1, 0.15) is 50.3 Å². The number of benzene rings is 1. The molecule has 0 spiro atoms. The number of thiophene rings is 1. The van der Waals surface area contributed by atoms with Crippen molar-refractivity contribution in [2.45, 2.75) is 32.4 Å². The maximum absolute atomic E-state index is 14.0. The highest BCUT2D eigenvalue weighted by Crippen LogP contribution is 2.41. The lowest BCUT2D eigenvalue weighted by Crippen LogP contribution is -2.17. The summed E-state index contributed by atoms with van der Waals surface area (Å²) in [5.74, 6) is -0.924. The molecule has 12 heteroatoms. The number of aromatic nitrogens is 3. The van der Waals surface area contributed by atoms with Gasteiger partial charge in [0.05, 0.1) is 22.8 Å². The first-order valence-electron chi connectivity index (χ1n) is 11.3. The fraction of sp³-hybridized carbons (Fsp3) is 0.280. The van der Waals surface area contributed by atoms with Crippen molar-refractivity contribution in [3.63, 3.8) is 0 Å². The van der Waals surface area contributed by atoms with E-state index >= 15 is 0 Å². The summed E-state index contributed by atoms with van der Waals surface area (Å²) >= 11 is 4.51. The van der Waals surface area contributed by atoms with Crippen molar-refractivity contribution in [1.29, 1.82) is 0 Å². The molecule has 3 aromatic heterocycles. The number of carbonyl (C=O) groups excluding carboxylic acids is 2. The molecule has 1 aliphatic carbocycles. The zero-order valence-corrected chi connectivity index (χ0v) is 22.1. The Morgan fingerprint density at radius 2 is 1.97 bits per heavy atom.